The summed E-state index contributed by atoms with van der Waals surface area (Å²) in [6.45, 7) is 5.47. The van der Waals surface area contributed by atoms with Crippen molar-refractivity contribution in [1.82, 2.24) is 4.31 Å². The van der Waals surface area contributed by atoms with E-state index in [4.69, 9.17) is 5.73 Å². The Morgan fingerprint density at radius 3 is 2.38 bits per heavy atom. The van der Waals surface area contributed by atoms with Crippen LogP contribution in [0, 0.1) is 13.8 Å². The molecule has 1 aromatic carbocycles. The van der Waals surface area contributed by atoms with Crippen molar-refractivity contribution in [2.24, 2.45) is 0 Å². The summed E-state index contributed by atoms with van der Waals surface area (Å²) in [6.07, 6.45) is 0. The van der Waals surface area contributed by atoms with Crippen molar-refractivity contribution in [1.29, 1.82) is 0 Å². The Hall–Kier alpha value is -1.37. The summed E-state index contributed by atoms with van der Waals surface area (Å²) in [5.41, 5.74) is 7.80. The minimum atomic E-state index is -3.63. The van der Waals surface area contributed by atoms with E-state index in [-0.39, 0.29) is 10.9 Å². The van der Waals surface area contributed by atoms with Crippen molar-refractivity contribution >= 4 is 27.0 Å². The SMILES string of the molecule is Cc1ccc(C)c(S(=O)(=O)N(C)C(C)c2cccs2)c1N. The van der Waals surface area contributed by atoms with Gasteiger partial charge in [-0.1, -0.05) is 18.2 Å². The van der Waals surface area contributed by atoms with Gasteiger partial charge in [-0.15, -0.1) is 11.3 Å². The number of aryl methyl sites for hydroxylation is 2. The summed E-state index contributed by atoms with van der Waals surface area (Å²) in [5.74, 6) is 0. The molecule has 0 aliphatic heterocycles. The number of rotatable bonds is 4. The zero-order valence-corrected chi connectivity index (χ0v) is 14.3. The lowest BCUT2D eigenvalue weighted by molar-refractivity contribution is 0.403. The topological polar surface area (TPSA) is 63.4 Å². The molecule has 0 spiro atoms. The highest BCUT2D eigenvalue weighted by Crippen LogP contribution is 2.33. The average Bonchev–Trinajstić information content (AvgIpc) is 2.95. The maximum Gasteiger partial charge on any atom is 0.245 e. The van der Waals surface area contributed by atoms with Crippen molar-refractivity contribution in [2.75, 3.05) is 12.8 Å². The third-order valence-electron chi connectivity index (χ3n) is 3.75. The zero-order chi connectivity index (χ0) is 15.8. The number of anilines is 1. The Morgan fingerprint density at radius 1 is 1.19 bits per heavy atom. The molecule has 21 heavy (non-hydrogen) atoms. The normalized spacial score (nSPS) is 13.6. The Kier molecular flexibility index (Phi) is 4.41. The molecule has 1 aromatic heterocycles. The molecule has 1 atom stereocenters. The molecule has 0 fully saturated rings. The highest BCUT2D eigenvalue weighted by Gasteiger charge is 2.30. The quantitative estimate of drug-likeness (QED) is 0.877. The van der Waals surface area contributed by atoms with Crippen LogP contribution < -0.4 is 5.73 Å². The van der Waals surface area contributed by atoms with Crippen LogP contribution in [0.25, 0.3) is 0 Å². The number of nitrogen functional groups attached to an aromatic ring is 1. The van der Waals surface area contributed by atoms with E-state index in [0.29, 0.717) is 11.3 Å². The Morgan fingerprint density at radius 2 is 1.81 bits per heavy atom. The summed E-state index contributed by atoms with van der Waals surface area (Å²) in [4.78, 5) is 1.22. The van der Waals surface area contributed by atoms with Crippen LogP contribution in [0.3, 0.4) is 0 Å². The predicted molar refractivity (Wildman–Crippen MR) is 88.0 cm³/mol. The molecule has 114 valence electrons. The van der Waals surface area contributed by atoms with Gasteiger partial charge in [0.05, 0.1) is 11.7 Å². The van der Waals surface area contributed by atoms with E-state index in [0.717, 1.165) is 10.4 Å². The first kappa shape index (κ1) is 16.0. The molecule has 6 heteroatoms. The Balaban J connectivity index is 2.50. The lowest BCUT2D eigenvalue weighted by atomic mass is 10.1. The molecule has 1 heterocycles. The molecule has 2 N–H and O–H groups in total. The van der Waals surface area contributed by atoms with Gasteiger partial charge in [0.2, 0.25) is 10.0 Å². The van der Waals surface area contributed by atoms with Crippen molar-refractivity contribution in [3.63, 3.8) is 0 Å². The van der Waals surface area contributed by atoms with Crippen LogP contribution in [0.4, 0.5) is 5.69 Å². The van der Waals surface area contributed by atoms with Crippen molar-refractivity contribution in [3.8, 4) is 0 Å². The second-order valence-electron chi connectivity index (χ2n) is 5.15. The van der Waals surface area contributed by atoms with Gasteiger partial charge < -0.3 is 5.73 Å². The average molecular weight is 324 g/mol. The number of benzene rings is 1. The molecule has 0 saturated heterocycles. The fourth-order valence-electron chi connectivity index (χ4n) is 2.21. The summed E-state index contributed by atoms with van der Waals surface area (Å²) in [7, 11) is -2.03. The molecule has 2 rings (SSSR count). The van der Waals surface area contributed by atoms with Gasteiger partial charge in [0.25, 0.3) is 0 Å². The van der Waals surface area contributed by atoms with E-state index in [1.54, 1.807) is 31.4 Å². The molecule has 0 aliphatic carbocycles. The molecule has 0 bridgehead atoms. The molecule has 2 aromatic rings. The highest BCUT2D eigenvalue weighted by atomic mass is 32.2. The van der Waals surface area contributed by atoms with E-state index in [1.807, 2.05) is 37.4 Å². The molecular weight excluding hydrogens is 304 g/mol. The lowest BCUT2D eigenvalue weighted by Gasteiger charge is -2.25. The van der Waals surface area contributed by atoms with Gasteiger partial charge in [0.15, 0.2) is 0 Å². The lowest BCUT2D eigenvalue weighted by Crippen LogP contribution is -2.30. The molecule has 0 aliphatic rings. The fraction of sp³-hybridized carbons (Fsp3) is 0.333. The summed E-state index contributed by atoms with van der Waals surface area (Å²) in [5, 5.41) is 1.94. The summed E-state index contributed by atoms with van der Waals surface area (Å²) >= 11 is 1.54. The van der Waals surface area contributed by atoms with Crippen LogP contribution in [0.2, 0.25) is 0 Å². The van der Waals surface area contributed by atoms with Gasteiger partial charge in [-0.05, 0) is 43.3 Å². The first-order valence-electron chi connectivity index (χ1n) is 6.64. The number of hydrogen-bond acceptors (Lipinski definition) is 4. The van der Waals surface area contributed by atoms with Gasteiger partial charge in [0.1, 0.15) is 4.90 Å². The van der Waals surface area contributed by atoms with Gasteiger partial charge in [0, 0.05) is 11.9 Å². The van der Waals surface area contributed by atoms with Gasteiger partial charge in [-0.2, -0.15) is 4.31 Å². The molecular formula is C15H20N2O2S2. The van der Waals surface area contributed by atoms with Gasteiger partial charge >= 0.3 is 0 Å². The Bertz CT molecular complexity index is 737. The van der Waals surface area contributed by atoms with E-state index < -0.39 is 10.0 Å². The van der Waals surface area contributed by atoms with Gasteiger partial charge in [-0.25, -0.2) is 8.42 Å². The maximum absolute atomic E-state index is 12.9. The number of thiophene rings is 1. The second-order valence-corrected chi connectivity index (χ2v) is 8.07. The first-order chi connectivity index (χ1) is 9.76. The smallest absolute Gasteiger partial charge is 0.245 e. The second kappa shape index (κ2) is 5.79. The third kappa shape index (κ3) is 2.84. The highest BCUT2D eigenvalue weighted by molar-refractivity contribution is 7.89. The van der Waals surface area contributed by atoms with Crippen LogP contribution in [0.5, 0.6) is 0 Å². The summed E-state index contributed by atoms with van der Waals surface area (Å²) < 4.78 is 27.2. The minimum Gasteiger partial charge on any atom is -0.397 e. The molecule has 0 radical (unpaired) electrons. The first-order valence-corrected chi connectivity index (χ1v) is 8.96. The van der Waals surface area contributed by atoms with Crippen LogP contribution in [0.15, 0.2) is 34.5 Å². The standard InChI is InChI=1S/C15H20N2O2S2/c1-10-7-8-11(2)15(14(10)16)21(18,19)17(4)12(3)13-6-5-9-20-13/h5-9,12H,16H2,1-4H3. The number of hydrogen-bond donors (Lipinski definition) is 1. The number of nitrogens with zero attached hydrogens (tertiary/aromatic N) is 1. The van der Waals surface area contributed by atoms with Crippen LogP contribution in [-0.4, -0.2) is 19.8 Å². The number of sulfonamides is 1. The molecule has 0 amide bonds. The summed E-state index contributed by atoms with van der Waals surface area (Å²) in [6, 6.07) is 7.26. The van der Waals surface area contributed by atoms with E-state index in [1.165, 1.54) is 4.31 Å². The third-order valence-corrected chi connectivity index (χ3v) is 6.92. The zero-order valence-electron chi connectivity index (χ0n) is 12.6. The number of nitrogens with two attached hydrogens (primary N) is 1. The maximum atomic E-state index is 12.9. The van der Waals surface area contributed by atoms with Crippen molar-refractivity contribution in [3.05, 3.63) is 45.6 Å². The molecule has 4 nitrogen and oxygen atoms in total. The van der Waals surface area contributed by atoms with E-state index >= 15 is 0 Å². The van der Waals surface area contributed by atoms with E-state index in [2.05, 4.69) is 0 Å². The van der Waals surface area contributed by atoms with Crippen LogP contribution in [0.1, 0.15) is 29.0 Å². The largest absolute Gasteiger partial charge is 0.397 e. The molecule has 0 saturated carbocycles. The van der Waals surface area contributed by atoms with Crippen molar-refractivity contribution < 1.29 is 8.42 Å². The molecule has 1 unspecified atom stereocenters. The van der Waals surface area contributed by atoms with E-state index in [9.17, 15) is 8.42 Å². The van der Waals surface area contributed by atoms with Crippen LogP contribution in [-0.2, 0) is 10.0 Å². The monoisotopic (exact) mass is 324 g/mol. The van der Waals surface area contributed by atoms with Crippen LogP contribution >= 0.6 is 11.3 Å². The predicted octanol–water partition coefficient (Wildman–Crippen LogP) is 3.33. The van der Waals surface area contributed by atoms with Crippen molar-refractivity contribution in [2.45, 2.75) is 31.7 Å². The Labute approximate surface area is 130 Å². The fourth-order valence-corrected chi connectivity index (χ4v) is 4.83. The minimum absolute atomic E-state index is 0.216. The van der Waals surface area contributed by atoms with Gasteiger partial charge in [-0.3, -0.25) is 0 Å².